The lowest BCUT2D eigenvalue weighted by Crippen LogP contribution is -2.44. The molecule has 1 unspecified atom stereocenters. The van der Waals surface area contributed by atoms with Gasteiger partial charge in [0.1, 0.15) is 12.4 Å². The minimum atomic E-state index is -0.415. The van der Waals surface area contributed by atoms with Gasteiger partial charge in [-0.15, -0.1) is 0 Å². The van der Waals surface area contributed by atoms with Crippen LogP contribution in [0.2, 0.25) is 0 Å². The number of nitrogens with zero attached hydrogens (tertiary/aromatic N) is 3. The van der Waals surface area contributed by atoms with Crippen molar-refractivity contribution >= 4 is 11.8 Å². The molecule has 0 saturated carbocycles. The van der Waals surface area contributed by atoms with Crippen LogP contribution in [0, 0.1) is 0 Å². The molecule has 0 bridgehead atoms. The normalized spacial score (nSPS) is 20.5. The number of carbonyl (C=O) groups is 2. The number of hydrogen-bond donors (Lipinski definition) is 1. The molecule has 1 aromatic rings. The molecule has 18 heavy (non-hydrogen) atoms. The number of carbonyl (C=O) groups excluding carboxylic acids is 2. The third-order valence-corrected chi connectivity index (χ3v) is 2.96. The summed E-state index contributed by atoms with van der Waals surface area (Å²) in [4.78, 5) is 33.3. The number of rotatable bonds is 3. The maximum Gasteiger partial charge on any atom is 0.245 e. The molecular formula is C12H16N4O2. The van der Waals surface area contributed by atoms with Crippen LogP contribution < -0.4 is 5.32 Å². The van der Waals surface area contributed by atoms with Crippen molar-refractivity contribution in [3.63, 3.8) is 0 Å². The number of aromatic nitrogens is 2. The second kappa shape index (κ2) is 5.57. The Kier molecular flexibility index (Phi) is 3.86. The van der Waals surface area contributed by atoms with E-state index >= 15 is 0 Å². The summed E-state index contributed by atoms with van der Waals surface area (Å²) in [6.07, 6.45) is 4.04. The zero-order chi connectivity index (χ0) is 13.0. The van der Waals surface area contributed by atoms with Crippen LogP contribution in [0.5, 0.6) is 0 Å². The zero-order valence-corrected chi connectivity index (χ0v) is 10.3. The lowest BCUT2D eigenvalue weighted by Gasteiger charge is -2.22. The van der Waals surface area contributed by atoms with Crippen molar-refractivity contribution in [1.82, 2.24) is 20.2 Å². The van der Waals surface area contributed by atoms with Gasteiger partial charge < -0.3 is 10.2 Å². The minimum Gasteiger partial charge on any atom is -0.344 e. The van der Waals surface area contributed by atoms with E-state index < -0.39 is 6.04 Å². The van der Waals surface area contributed by atoms with Gasteiger partial charge in [-0.1, -0.05) is 6.92 Å². The van der Waals surface area contributed by atoms with Crippen molar-refractivity contribution in [2.24, 2.45) is 0 Å². The van der Waals surface area contributed by atoms with Crippen LogP contribution in [0.25, 0.3) is 0 Å². The molecule has 1 aromatic heterocycles. The fourth-order valence-corrected chi connectivity index (χ4v) is 1.94. The third-order valence-electron chi connectivity index (χ3n) is 2.96. The maximum atomic E-state index is 12.2. The highest BCUT2D eigenvalue weighted by Gasteiger charge is 2.28. The largest absolute Gasteiger partial charge is 0.344 e. The molecule has 1 atom stereocenters. The van der Waals surface area contributed by atoms with Gasteiger partial charge in [-0.05, 0) is 12.5 Å². The molecule has 0 aliphatic carbocycles. The Morgan fingerprint density at radius 2 is 2.33 bits per heavy atom. The van der Waals surface area contributed by atoms with E-state index in [4.69, 9.17) is 0 Å². The van der Waals surface area contributed by atoms with E-state index in [2.05, 4.69) is 15.3 Å². The highest BCUT2D eigenvalue weighted by atomic mass is 16.2. The van der Waals surface area contributed by atoms with E-state index in [-0.39, 0.29) is 11.8 Å². The van der Waals surface area contributed by atoms with Gasteiger partial charge in [0.25, 0.3) is 0 Å². The first-order valence-corrected chi connectivity index (χ1v) is 6.03. The monoisotopic (exact) mass is 248 g/mol. The van der Waals surface area contributed by atoms with Crippen LogP contribution >= 0.6 is 0 Å². The maximum absolute atomic E-state index is 12.2. The van der Waals surface area contributed by atoms with Crippen LogP contribution in [-0.4, -0.2) is 39.3 Å². The molecule has 0 radical (unpaired) electrons. The number of hydrogen-bond acceptors (Lipinski definition) is 4. The topological polar surface area (TPSA) is 75.2 Å². The molecule has 0 spiro atoms. The summed E-state index contributed by atoms with van der Waals surface area (Å²) < 4.78 is 0. The standard InChI is InChI=1S/C12H16N4O2/c1-2-10-12(18)16(6-4-11(17)15-10)7-9-3-5-13-8-14-9/h3,5,8,10H,2,4,6-7H2,1H3,(H,15,17). The van der Waals surface area contributed by atoms with Gasteiger partial charge in [-0.25, -0.2) is 9.97 Å². The predicted octanol–water partition coefficient (Wildman–Crippen LogP) is 0.104. The van der Waals surface area contributed by atoms with Gasteiger partial charge >= 0.3 is 0 Å². The second-order valence-electron chi connectivity index (χ2n) is 4.24. The van der Waals surface area contributed by atoms with Gasteiger partial charge in [0.05, 0.1) is 12.2 Å². The summed E-state index contributed by atoms with van der Waals surface area (Å²) in [5, 5.41) is 2.73. The Morgan fingerprint density at radius 1 is 1.50 bits per heavy atom. The molecule has 96 valence electrons. The molecule has 2 heterocycles. The van der Waals surface area contributed by atoms with E-state index in [1.807, 2.05) is 6.92 Å². The first kappa shape index (κ1) is 12.5. The highest BCUT2D eigenvalue weighted by Crippen LogP contribution is 2.09. The number of nitrogens with one attached hydrogen (secondary N) is 1. The molecule has 1 N–H and O–H groups in total. The van der Waals surface area contributed by atoms with E-state index in [0.717, 1.165) is 5.69 Å². The van der Waals surface area contributed by atoms with Gasteiger partial charge in [0, 0.05) is 19.2 Å². The SMILES string of the molecule is CCC1NC(=O)CCN(Cc2ccncn2)C1=O. The summed E-state index contributed by atoms with van der Waals surface area (Å²) >= 11 is 0. The fraction of sp³-hybridized carbons (Fsp3) is 0.500. The van der Waals surface area contributed by atoms with Crippen molar-refractivity contribution in [3.05, 3.63) is 24.3 Å². The Bertz CT molecular complexity index is 435. The summed E-state index contributed by atoms with van der Waals surface area (Å²) in [7, 11) is 0. The molecule has 1 aliphatic heterocycles. The van der Waals surface area contributed by atoms with Gasteiger partial charge in [0.15, 0.2) is 0 Å². The average molecular weight is 248 g/mol. The van der Waals surface area contributed by atoms with Crippen molar-refractivity contribution in [3.8, 4) is 0 Å². The van der Waals surface area contributed by atoms with Gasteiger partial charge in [-0.2, -0.15) is 0 Å². The van der Waals surface area contributed by atoms with Gasteiger partial charge in [-0.3, -0.25) is 9.59 Å². The van der Waals surface area contributed by atoms with Gasteiger partial charge in [0.2, 0.25) is 11.8 Å². The lowest BCUT2D eigenvalue weighted by molar-refractivity contribution is -0.134. The third kappa shape index (κ3) is 2.82. The Hall–Kier alpha value is -1.98. The van der Waals surface area contributed by atoms with Crippen LogP contribution in [-0.2, 0) is 16.1 Å². The smallest absolute Gasteiger partial charge is 0.245 e. The highest BCUT2D eigenvalue weighted by molar-refractivity contribution is 5.89. The fourth-order valence-electron chi connectivity index (χ4n) is 1.94. The van der Waals surface area contributed by atoms with Crippen LogP contribution in [0.1, 0.15) is 25.5 Å². The van der Waals surface area contributed by atoms with Crippen molar-refractivity contribution in [2.75, 3.05) is 6.54 Å². The molecule has 1 fully saturated rings. The van der Waals surface area contributed by atoms with E-state index in [0.29, 0.717) is 25.9 Å². The molecule has 1 saturated heterocycles. The summed E-state index contributed by atoms with van der Waals surface area (Å²) in [6.45, 7) is 2.75. The second-order valence-corrected chi connectivity index (χ2v) is 4.24. The average Bonchev–Trinajstić information content (AvgIpc) is 2.53. The molecular weight excluding hydrogens is 232 g/mol. The summed E-state index contributed by atoms with van der Waals surface area (Å²) in [5.74, 6) is -0.109. The zero-order valence-electron chi connectivity index (χ0n) is 10.3. The summed E-state index contributed by atoms with van der Waals surface area (Å²) in [6, 6.07) is 1.36. The predicted molar refractivity (Wildman–Crippen MR) is 64.3 cm³/mol. The molecule has 2 amide bonds. The number of amides is 2. The first-order valence-electron chi connectivity index (χ1n) is 6.03. The minimum absolute atomic E-state index is 0.0398. The van der Waals surface area contributed by atoms with Crippen LogP contribution in [0.3, 0.4) is 0 Å². The molecule has 0 aromatic carbocycles. The molecule has 6 heteroatoms. The van der Waals surface area contributed by atoms with Crippen molar-refractivity contribution in [2.45, 2.75) is 32.4 Å². The van der Waals surface area contributed by atoms with E-state index in [1.165, 1.54) is 6.33 Å². The van der Waals surface area contributed by atoms with Crippen LogP contribution in [0.15, 0.2) is 18.6 Å². The van der Waals surface area contributed by atoms with Crippen molar-refractivity contribution < 1.29 is 9.59 Å². The summed E-state index contributed by atoms with van der Waals surface area (Å²) in [5.41, 5.74) is 0.780. The molecule has 2 rings (SSSR count). The van der Waals surface area contributed by atoms with E-state index in [9.17, 15) is 9.59 Å². The lowest BCUT2D eigenvalue weighted by atomic mass is 10.2. The Labute approximate surface area is 105 Å². The molecule has 1 aliphatic rings. The Morgan fingerprint density at radius 3 is 3.00 bits per heavy atom. The van der Waals surface area contributed by atoms with Crippen molar-refractivity contribution in [1.29, 1.82) is 0 Å². The van der Waals surface area contributed by atoms with E-state index in [1.54, 1.807) is 17.2 Å². The molecule has 6 nitrogen and oxygen atoms in total. The first-order chi connectivity index (χ1) is 8.70. The quantitative estimate of drug-likeness (QED) is 0.823. The van der Waals surface area contributed by atoms with Crippen LogP contribution in [0.4, 0.5) is 0 Å². The Balaban J connectivity index is 2.11.